The molecule has 1 aliphatic heterocycles. The molecule has 1 saturated heterocycles. The molecule has 1 aliphatic rings. The summed E-state index contributed by atoms with van der Waals surface area (Å²) in [6.07, 6.45) is 0. The molecule has 2 rings (SSSR count). The third kappa shape index (κ3) is 2.52. The van der Waals surface area contributed by atoms with Gasteiger partial charge in [-0.05, 0) is 6.92 Å². The van der Waals surface area contributed by atoms with E-state index in [-0.39, 0.29) is 11.4 Å². The Hall–Kier alpha value is -0.500. The molecular weight excluding hydrogens is 260 g/mol. The zero-order chi connectivity index (χ0) is 12.5. The van der Waals surface area contributed by atoms with Crippen molar-refractivity contribution in [2.75, 3.05) is 24.6 Å². The number of sulfonamides is 1. The molecular formula is C10H16N2O3S2. The second kappa shape index (κ2) is 5.01. The van der Waals surface area contributed by atoms with E-state index in [1.807, 2.05) is 0 Å². The summed E-state index contributed by atoms with van der Waals surface area (Å²) in [4.78, 5) is 0.254. The van der Waals surface area contributed by atoms with E-state index in [4.69, 9.17) is 10.2 Å². The van der Waals surface area contributed by atoms with Crippen LogP contribution >= 0.6 is 11.8 Å². The van der Waals surface area contributed by atoms with Gasteiger partial charge in [-0.15, -0.1) is 0 Å². The Balaban J connectivity index is 2.33. The van der Waals surface area contributed by atoms with E-state index in [0.29, 0.717) is 24.6 Å². The number of nitrogens with two attached hydrogens (primary N) is 1. The highest BCUT2D eigenvalue weighted by atomic mass is 32.2. The van der Waals surface area contributed by atoms with Crippen molar-refractivity contribution in [3.8, 4) is 0 Å². The fraction of sp³-hybridized carbons (Fsp3) is 0.600. The van der Waals surface area contributed by atoms with E-state index < -0.39 is 10.0 Å². The second-order valence-electron chi connectivity index (χ2n) is 3.85. The van der Waals surface area contributed by atoms with E-state index in [1.54, 1.807) is 18.7 Å². The van der Waals surface area contributed by atoms with E-state index in [9.17, 15) is 8.42 Å². The van der Waals surface area contributed by atoms with Gasteiger partial charge in [0.15, 0.2) is 0 Å². The molecule has 0 unspecified atom stereocenters. The van der Waals surface area contributed by atoms with Gasteiger partial charge in [-0.25, -0.2) is 8.42 Å². The molecule has 0 bridgehead atoms. The summed E-state index contributed by atoms with van der Waals surface area (Å²) in [5.41, 5.74) is 5.45. The van der Waals surface area contributed by atoms with Gasteiger partial charge in [0.2, 0.25) is 10.0 Å². The van der Waals surface area contributed by atoms with Crippen LogP contribution in [0.3, 0.4) is 0 Å². The van der Waals surface area contributed by atoms with Crippen molar-refractivity contribution in [3.63, 3.8) is 0 Å². The Morgan fingerprint density at radius 1 is 1.47 bits per heavy atom. The van der Waals surface area contributed by atoms with Gasteiger partial charge in [-0.2, -0.15) is 16.1 Å². The summed E-state index contributed by atoms with van der Waals surface area (Å²) in [5.74, 6) is 2.62. The molecule has 0 aromatic carbocycles. The van der Waals surface area contributed by atoms with Crippen LogP contribution < -0.4 is 5.73 Å². The summed E-state index contributed by atoms with van der Waals surface area (Å²) in [5, 5.41) is 0. The lowest BCUT2D eigenvalue weighted by molar-refractivity contribution is 0.438. The molecule has 1 aromatic heterocycles. The topological polar surface area (TPSA) is 76.5 Å². The molecule has 0 radical (unpaired) electrons. The first-order chi connectivity index (χ1) is 8.05. The lowest BCUT2D eigenvalue weighted by Crippen LogP contribution is -2.37. The van der Waals surface area contributed by atoms with E-state index in [0.717, 1.165) is 11.5 Å². The summed E-state index contributed by atoms with van der Waals surface area (Å²) in [6, 6.07) is 1.53. The highest BCUT2D eigenvalue weighted by molar-refractivity contribution is 7.99. The van der Waals surface area contributed by atoms with Gasteiger partial charge < -0.3 is 10.2 Å². The predicted octanol–water partition coefficient (Wildman–Crippen LogP) is 0.784. The molecule has 0 saturated carbocycles. The summed E-state index contributed by atoms with van der Waals surface area (Å²) in [7, 11) is -3.41. The van der Waals surface area contributed by atoms with Crippen LogP contribution in [0.4, 0.5) is 0 Å². The minimum atomic E-state index is -3.41. The van der Waals surface area contributed by atoms with Gasteiger partial charge in [0.05, 0.1) is 6.54 Å². The number of nitrogens with zero attached hydrogens (tertiary/aromatic N) is 1. The Labute approximate surface area is 105 Å². The minimum absolute atomic E-state index is 0.214. The fourth-order valence-electron chi connectivity index (χ4n) is 1.81. The van der Waals surface area contributed by atoms with E-state index >= 15 is 0 Å². The molecule has 7 heteroatoms. The summed E-state index contributed by atoms with van der Waals surface area (Å²) >= 11 is 1.77. The van der Waals surface area contributed by atoms with Crippen molar-refractivity contribution in [2.45, 2.75) is 18.4 Å². The Morgan fingerprint density at radius 2 is 2.12 bits per heavy atom. The number of hydrogen-bond acceptors (Lipinski definition) is 5. The van der Waals surface area contributed by atoms with Crippen LogP contribution in [0, 0.1) is 6.92 Å². The zero-order valence-corrected chi connectivity index (χ0v) is 11.3. The van der Waals surface area contributed by atoms with Gasteiger partial charge in [-0.3, -0.25) is 0 Å². The first kappa shape index (κ1) is 12.9. The van der Waals surface area contributed by atoms with Crippen LogP contribution in [-0.4, -0.2) is 37.3 Å². The van der Waals surface area contributed by atoms with Gasteiger partial charge >= 0.3 is 0 Å². The minimum Gasteiger partial charge on any atom is -0.464 e. The molecule has 17 heavy (non-hydrogen) atoms. The number of aryl methyl sites for hydroxylation is 1. The molecule has 0 atom stereocenters. The monoisotopic (exact) mass is 276 g/mol. The molecule has 1 aromatic rings. The van der Waals surface area contributed by atoms with Crippen LogP contribution in [0.5, 0.6) is 0 Å². The number of furan rings is 1. The quantitative estimate of drug-likeness (QED) is 0.883. The van der Waals surface area contributed by atoms with Gasteiger partial charge in [0.1, 0.15) is 16.4 Å². The molecule has 5 nitrogen and oxygen atoms in total. The maximum atomic E-state index is 12.4. The van der Waals surface area contributed by atoms with Crippen molar-refractivity contribution in [3.05, 3.63) is 17.6 Å². The van der Waals surface area contributed by atoms with Crippen molar-refractivity contribution in [1.82, 2.24) is 4.31 Å². The second-order valence-corrected chi connectivity index (χ2v) is 6.98. The van der Waals surface area contributed by atoms with Crippen LogP contribution in [0.25, 0.3) is 0 Å². The van der Waals surface area contributed by atoms with Crippen LogP contribution in [0.1, 0.15) is 11.5 Å². The molecule has 1 fully saturated rings. The average molecular weight is 276 g/mol. The number of thioether (sulfide) groups is 1. The van der Waals surface area contributed by atoms with Gasteiger partial charge in [0, 0.05) is 30.7 Å². The highest BCUT2D eigenvalue weighted by Gasteiger charge is 2.29. The summed E-state index contributed by atoms with van der Waals surface area (Å²) < 4.78 is 31.5. The highest BCUT2D eigenvalue weighted by Crippen LogP contribution is 2.25. The molecule has 2 N–H and O–H groups in total. The fourth-order valence-corrected chi connectivity index (χ4v) is 4.57. The first-order valence-electron chi connectivity index (χ1n) is 5.43. The molecule has 0 spiro atoms. The smallest absolute Gasteiger partial charge is 0.246 e. The van der Waals surface area contributed by atoms with E-state index in [2.05, 4.69) is 0 Å². The average Bonchev–Trinajstić information content (AvgIpc) is 2.72. The Kier molecular flexibility index (Phi) is 3.82. The third-order valence-corrected chi connectivity index (χ3v) is 5.66. The Morgan fingerprint density at radius 3 is 2.65 bits per heavy atom. The van der Waals surface area contributed by atoms with Crippen molar-refractivity contribution < 1.29 is 12.8 Å². The van der Waals surface area contributed by atoms with Crippen molar-refractivity contribution in [2.24, 2.45) is 5.73 Å². The van der Waals surface area contributed by atoms with Crippen molar-refractivity contribution in [1.29, 1.82) is 0 Å². The third-order valence-electron chi connectivity index (χ3n) is 2.71. The number of rotatable bonds is 3. The van der Waals surface area contributed by atoms with Crippen molar-refractivity contribution >= 4 is 21.8 Å². The maximum absolute atomic E-state index is 12.4. The largest absolute Gasteiger partial charge is 0.464 e. The van der Waals surface area contributed by atoms with Gasteiger partial charge in [-0.1, -0.05) is 0 Å². The standard InChI is InChI=1S/C10H16N2O3S2/c1-8-10(6-9(7-11)15-8)17(13,14)12-2-4-16-5-3-12/h6H,2-5,7,11H2,1H3. The van der Waals surface area contributed by atoms with E-state index in [1.165, 1.54) is 10.4 Å². The summed E-state index contributed by atoms with van der Waals surface area (Å²) in [6.45, 7) is 3.00. The van der Waals surface area contributed by atoms with Crippen LogP contribution in [-0.2, 0) is 16.6 Å². The van der Waals surface area contributed by atoms with Crippen LogP contribution in [0.2, 0.25) is 0 Å². The molecule has 2 heterocycles. The SMILES string of the molecule is Cc1oc(CN)cc1S(=O)(=O)N1CCSCC1. The lowest BCUT2D eigenvalue weighted by Gasteiger charge is -2.25. The molecule has 0 amide bonds. The normalized spacial score (nSPS) is 18.5. The van der Waals surface area contributed by atoms with Crippen LogP contribution in [0.15, 0.2) is 15.4 Å². The van der Waals surface area contributed by atoms with Gasteiger partial charge in [0.25, 0.3) is 0 Å². The molecule has 96 valence electrons. The predicted molar refractivity (Wildman–Crippen MR) is 67.4 cm³/mol. The zero-order valence-electron chi connectivity index (χ0n) is 9.68. The Bertz CT molecular complexity index is 490. The molecule has 0 aliphatic carbocycles. The maximum Gasteiger partial charge on any atom is 0.246 e. The number of hydrogen-bond donors (Lipinski definition) is 1. The lowest BCUT2D eigenvalue weighted by atomic mass is 10.4. The first-order valence-corrected chi connectivity index (χ1v) is 8.02.